The third-order valence-corrected chi connectivity index (χ3v) is 3.82. The van der Waals surface area contributed by atoms with Crippen molar-refractivity contribution in [1.29, 1.82) is 0 Å². The van der Waals surface area contributed by atoms with Crippen molar-refractivity contribution >= 4 is 22.8 Å². The Bertz CT molecular complexity index is 868. The van der Waals surface area contributed by atoms with E-state index in [0.717, 1.165) is 16.7 Å². The van der Waals surface area contributed by atoms with Crippen LogP contribution in [0.5, 0.6) is 0 Å². The van der Waals surface area contributed by atoms with Crippen molar-refractivity contribution in [3.05, 3.63) is 47.9 Å². The molecule has 24 heavy (non-hydrogen) atoms. The molecular weight excluding hydrogens is 302 g/mol. The standard InChI is InChI=1S/C18H21N5O/c1-11(2)15-9-13(18(24)22-16-7-5-6-8-19-16)14-10-20-23(12(3)4)17(14)21-15/h5-12H,1-4H3,(H,19,22,24). The van der Waals surface area contributed by atoms with Gasteiger partial charge in [-0.15, -0.1) is 0 Å². The molecule has 0 fully saturated rings. The van der Waals surface area contributed by atoms with Gasteiger partial charge in [0, 0.05) is 17.9 Å². The van der Waals surface area contributed by atoms with Crippen molar-refractivity contribution in [3.8, 4) is 0 Å². The summed E-state index contributed by atoms with van der Waals surface area (Å²) in [4.78, 5) is 21.6. The lowest BCUT2D eigenvalue weighted by molar-refractivity contribution is 0.102. The molecule has 0 saturated heterocycles. The first kappa shape index (κ1) is 16.1. The average Bonchev–Trinajstić information content (AvgIpc) is 2.98. The van der Waals surface area contributed by atoms with Crippen molar-refractivity contribution in [2.24, 2.45) is 0 Å². The lowest BCUT2D eigenvalue weighted by Crippen LogP contribution is -2.15. The Labute approximate surface area is 140 Å². The van der Waals surface area contributed by atoms with Crippen LogP contribution in [0.2, 0.25) is 0 Å². The second-order valence-corrected chi connectivity index (χ2v) is 6.34. The van der Waals surface area contributed by atoms with Crippen LogP contribution < -0.4 is 5.32 Å². The minimum Gasteiger partial charge on any atom is -0.307 e. The maximum atomic E-state index is 12.8. The second-order valence-electron chi connectivity index (χ2n) is 6.34. The van der Waals surface area contributed by atoms with Crippen molar-refractivity contribution < 1.29 is 4.79 Å². The Kier molecular flexibility index (Phi) is 4.29. The van der Waals surface area contributed by atoms with Crippen LogP contribution in [0, 0.1) is 0 Å². The summed E-state index contributed by atoms with van der Waals surface area (Å²) in [5.41, 5.74) is 2.18. The fraction of sp³-hybridized carbons (Fsp3) is 0.333. The van der Waals surface area contributed by atoms with E-state index in [1.165, 1.54) is 0 Å². The fourth-order valence-electron chi connectivity index (χ4n) is 2.52. The van der Waals surface area contributed by atoms with Crippen LogP contribution in [0.1, 0.15) is 55.7 Å². The summed E-state index contributed by atoms with van der Waals surface area (Å²) in [5.74, 6) is 0.535. The number of pyridine rings is 2. The van der Waals surface area contributed by atoms with Crippen molar-refractivity contribution in [2.45, 2.75) is 39.7 Å². The van der Waals surface area contributed by atoms with Gasteiger partial charge in [-0.2, -0.15) is 5.10 Å². The van der Waals surface area contributed by atoms with E-state index < -0.39 is 0 Å². The van der Waals surface area contributed by atoms with Gasteiger partial charge in [-0.3, -0.25) is 4.79 Å². The molecule has 0 aliphatic rings. The van der Waals surface area contributed by atoms with Crippen LogP contribution in [0.3, 0.4) is 0 Å². The predicted octanol–water partition coefficient (Wildman–Crippen LogP) is 3.78. The third-order valence-electron chi connectivity index (χ3n) is 3.82. The molecule has 0 radical (unpaired) electrons. The predicted molar refractivity (Wildman–Crippen MR) is 94.2 cm³/mol. The number of carbonyl (C=O) groups excluding carboxylic acids is 1. The highest BCUT2D eigenvalue weighted by Crippen LogP contribution is 2.25. The van der Waals surface area contributed by atoms with Crippen molar-refractivity contribution in [3.63, 3.8) is 0 Å². The van der Waals surface area contributed by atoms with Gasteiger partial charge in [0.2, 0.25) is 0 Å². The first-order chi connectivity index (χ1) is 11.5. The SMILES string of the molecule is CC(C)c1cc(C(=O)Nc2ccccn2)c2cnn(C(C)C)c2n1. The quantitative estimate of drug-likeness (QED) is 0.793. The molecule has 124 valence electrons. The molecule has 3 aromatic rings. The zero-order valence-corrected chi connectivity index (χ0v) is 14.3. The molecule has 3 aromatic heterocycles. The zero-order valence-electron chi connectivity index (χ0n) is 14.3. The van der Waals surface area contributed by atoms with Crippen LogP contribution in [0.4, 0.5) is 5.82 Å². The lowest BCUT2D eigenvalue weighted by Gasteiger charge is -2.12. The molecule has 0 unspecified atom stereocenters. The Hall–Kier alpha value is -2.76. The number of carbonyl (C=O) groups is 1. The normalized spacial score (nSPS) is 11.4. The maximum absolute atomic E-state index is 12.8. The van der Waals surface area contributed by atoms with Gasteiger partial charge >= 0.3 is 0 Å². The molecule has 0 aliphatic heterocycles. The van der Waals surface area contributed by atoms with Gasteiger partial charge in [0.25, 0.3) is 5.91 Å². The summed E-state index contributed by atoms with van der Waals surface area (Å²) in [6.45, 7) is 8.21. The number of nitrogens with one attached hydrogen (secondary N) is 1. The Morgan fingerprint density at radius 2 is 2.00 bits per heavy atom. The molecule has 6 nitrogen and oxygen atoms in total. The van der Waals surface area contributed by atoms with Crippen LogP contribution in [-0.2, 0) is 0 Å². The van der Waals surface area contributed by atoms with E-state index in [1.807, 2.05) is 36.7 Å². The molecule has 6 heteroatoms. The maximum Gasteiger partial charge on any atom is 0.257 e. The van der Waals surface area contributed by atoms with Gasteiger partial charge in [0.15, 0.2) is 5.65 Å². The van der Waals surface area contributed by atoms with E-state index in [1.54, 1.807) is 18.5 Å². The van der Waals surface area contributed by atoms with Crippen LogP contribution in [0.25, 0.3) is 11.0 Å². The van der Waals surface area contributed by atoms with E-state index in [-0.39, 0.29) is 17.9 Å². The summed E-state index contributed by atoms with van der Waals surface area (Å²) < 4.78 is 1.85. The molecule has 0 aromatic carbocycles. The molecular formula is C18H21N5O. The number of aromatic nitrogens is 4. The third kappa shape index (κ3) is 2.99. The molecule has 0 atom stereocenters. The smallest absolute Gasteiger partial charge is 0.257 e. The van der Waals surface area contributed by atoms with E-state index in [2.05, 4.69) is 29.2 Å². The molecule has 3 heterocycles. The molecule has 0 aliphatic carbocycles. The number of hydrogen-bond acceptors (Lipinski definition) is 4. The van der Waals surface area contributed by atoms with Gasteiger partial charge in [-0.25, -0.2) is 14.6 Å². The van der Waals surface area contributed by atoms with Gasteiger partial charge in [0.1, 0.15) is 5.82 Å². The van der Waals surface area contributed by atoms with E-state index in [4.69, 9.17) is 4.98 Å². The van der Waals surface area contributed by atoms with Gasteiger partial charge in [0.05, 0.1) is 17.1 Å². The zero-order chi connectivity index (χ0) is 17.3. The summed E-state index contributed by atoms with van der Waals surface area (Å²) in [7, 11) is 0. The molecule has 3 rings (SSSR count). The van der Waals surface area contributed by atoms with Gasteiger partial charge < -0.3 is 5.32 Å². The number of anilines is 1. The number of nitrogens with zero attached hydrogens (tertiary/aromatic N) is 4. The minimum atomic E-state index is -0.202. The van der Waals surface area contributed by atoms with Crippen LogP contribution in [0.15, 0.2) is 36.7 Å². The number of hydrogen-bond donors (Lipinski definition) is 1. The van der Waals surface area contributed by atoms with Gasteiger partial charge in [-0.1, -0.05) is 19.9 Å². The second kappa shape index (κ2) is 6.39. The summed E-state index contributed by atoms with van der Waals surface area (Å²) in [5, 5.41) is 8.00. The van der Waals surface area contributed by atoms with Crippen LogP contribution >= 0.6 is 0 Å². The molecule has 1 amide bonds. The lowest BCUT2D eigenvalue weighted by atomic mass is 10.0. The molecule has 1 N–H and O–H groups in total. The molecule has 0 saturated carbocycles. The molecule has 0 bridgehead atoms. The van der Waals surface area contributed by atoms with Crippen molar-refractivity contribution in [1.82, 2.24) is 19.7 Å². The van der Waals surface area contributed by atoms with E-state index in [9.17, 15) is 4.79 Å². The average molecular weight is 323 g/mol. The fourth-order valence-corrected chi connectivity index (χ4v) is 2.52. The Morgan fingerprint density at radius 1 is 1.21 bits per heavy atom. The van der Waals surface area contributed by atoms with E-state index >= 15 is 0 Å². The highest BCUT2D eigenvalue weighted by atomic mass is 16.1. The monoisotopic (exact) mass is 323 g/mol. The summed E-state index contributed by atoms with van der Waals surface area (Å²) in [6, 6.07) is 7.42. The van der Waals surface area contributed by atoms with Crippen molar-refractivity contribution in [2.75, 3.05) is 5.32 Å². The van der Waals surface area contributed by atoms with Crippen LogP contribution in [-0.4, -0.2) is 25.7 Å². The topological polar surface area (TPSA) is 72.7 Å². The summed E-state index contributed by atoms with van der Waals surface area (Å²) >= 11 is 0. The highest BCUT2D eigenvalue weighted by Gasteiger charge is 2.19. The Balaban J connectivity index is 2.10. The Morgan fingerprint density at radius 3 is 2.62 bits per heavy atom. The summed E-state index contributed by atoms with van der Waals surface area (Å²) in [6.07, 6.45) is 3.36. The number of rotatable bonds is 4. The first-order valence-electron chi connectivity index (χ1n) is 8.08. The molecule has 0 spiro atoms. The number of amides is 1. The minimum absolute atomic E-state index is 0.170. The van der Waals surface area contributed by atoms with Gasteiger partial charge in [-0.05, 0) is 38.0 Å². The number of fused-ring (bicyclic) bond motifs is 1. The largest absolute Gasteiger partial charge is 0.307 e. The van der Waals surface area contributed by atoms with E-state index in [0.29, 0.717) is 11.4 Å². The first-order valence-corrected chi connectivity index (χ1v) is 8.08. The highest BCUT2D eigenvalue weighted by molar-refractivity contribution is 6.11.